The molecule has 1 heterocycles. The van der Waals surface area contributed by atoms with E-state index in [4.69, 9.17) is 5.11 Å². The monoisotopic (exact) mass is 358 g/mol. The van der Waals surface area contributed by atoms with Gasteiger partial charge in [-0.3, -0.25) is 14.9 Å². The van der Waals surface area contributed by atoms with E-state index in [1.165, 1.54) is 0 Å². The normalized spacial score (nSPS) is 18.3. The summed E-state index contributed by atoms with van der Waals surface area (Å²) in [5.74, 6) is -2.31. The van der Waals surface area contributed by atoms with E-state index < -0.39 is 43.5 Å². The van der Waals surface area contributed by atoms with Gasteiger partial charge < -0.3 is 9.84 Å². The second kappa shape index (κ2) is 6.53. The highest BCUT2D eigenvalue weighted by atomic mass is 32.2. The number of carbonyl (C=O) groups excluding carboxylic acids is 1. The van der Waals surface area contributed by atoms with Crippen molar-refractivity contribution in [1.82, 2.24) is 4.31 Å². The molecule has 0 spiro atoms. The number of nitrogens with zero attached hydrogens (tertiary/aromatic N) is 2. The molecule has 1 atom stereocenters. The second-order valence-electron chi connectivity index (χ2n) is 5.04. The second-order valence-corrected chi connectivity index (χ2v) is 6.90. The van der Waals surface area contributed by atoms with Crippen molar-refractivity contribution < 1.29 is 32.8 Å². The number of hydrogen-bond acceptors (Lipinski definition) is 7. The highest BCUT2D eigenvalue weighted by molar-refractivity contribution is 7.89. The molecule has 0 amide bonds. The first kappa shape index (κ1) is 17.8. The lowest BCUT2D eigenvalue weighted by Gasteiger charge is -2.21. The molecular formula is C13H14N2O8S. The molecule has 0 radical (unpaired) electrons. The van der Waals surface area contributed by atoms with E-state index in [-0.39, 0.29) is 18.5 Å². The lowest BCUT2D eigenvalue weighted by atomic mass is 10.2. The number of sulfonamides is 1. The average Bonchev–Trinajstić information content (AvgIpc) is 3.04. The number of non-ortho nitro benzene ring substituents is 1. The summed E-state index contributed by atoms with van der Waals surface area (Å²) in [6, 6.07) is 1.41. The molecule has 1 aromatic rings. The fourth-order valence-corrected chi connectivity index (χ4v) is 4.37. The summed E-state index contributed by atoms with van der Waals surface area (Å²) < 4.78 is 30.8. The van der Waals surface area contributed by atoms with Gasteiger partial charge in [0.2, 0.25) is 10.0 Å². The number of aliphatic carboxylic acids is 1. The summed E-state index contributed by atoms with van der Waals surface area (Å²) in [5, 5.41) is 20.1. The van der Waals surface area contributed by atoms with Crippen molar-refractivity contribution in [3.05, 3.63) is 33.9 Å². The molecule has 10 nitrogen and oxygen atoms in total. The van der Waals surface area contributed by atoms with Crippen molar-refractivity contribution in [3.8, 4) is 0 Å². The number of esters is 1. The Morgan fingerprint density at radius 1 is 1.42 bits per heavy atom. The Morgan fingerprint density at radius 2 is 2.08 bits per heavy atom. The van der Waals surface area contributed by atoms with Gasteiger partial charge in [-0.15, -0.1) is 0 Å². The number of rotatable bonds is 5. The van der Waals surface area contributed by atoms with Crippen LogP contribution in [0.5, 0.6) is 0 Å². The molecular weight excluding hydrogens is 344 g/mol. The van der Waals surface area contributed by atoms with E-state index in [2.05, 4.69) is 4.74 Å². The number of hydrogen-bond donors (Lipinski definition) is 1. The third kappa shape index (κ3) is 3.08. The van der Waals surface area contributed by atoms with Crippen LogP contribution in [0.1, 0.15) is 23.2 Å². The lowest BCUT2D eigenvalue weighted by Crippen LogP contribution is -2.40. The average molecular weight is 358 g/mol. The number of carbonyl (C=O) groups is 2. The van der Waals surface area contributed by atoms with Crippen LogP contribution in [0, 0.1) is 10.1 Å². The Balaban J connectivity index is 2.63. The minimum absolute atomic E-state index is 0.0530. The smallest absolute Gasteiger partial charge is 0.339 e. The van der Waals surface area contributed by atoms with Crippen molar-refractivity contribution in [3.63, 3.8) is 0 Å². The largest absolute Gasteiger partial charge is 0.480 e. The first-order valence-corrected chi connectivity index (χ1v) is 8.25. The van der Waals surface area contributed by atoms with E-state index in [1.54, 1.807) is 0 Å². The van der Waals surface area contributed by atoms with Gasteiger partial charge in [-0.1, -0.05) is 0 Å². The molecule has 2 rings (SSSR count). The zero-order valence-corrected chi connectivity index (χ0v) is 13.4. The molecule has 0 aromatic heterocycles. The van der Waals surface area contributed by atoms with Gasteiger partial charge in [-0.25, -0.2) is 13.2 Å². The number of nitro benzene ring substituents is 1. The van der Waals surface area contributed by atoms with Gasteiger partial charge in [-0.05, 0) is 18.9 Å². The van der Waals surface area contributed by atoms with Crippen LogP contribution in [-0.2, 0) is 19.6 Å². The van der Waals surface area contributed by atoms with Crippen LogP contribution in [-0.4, -0.2) is 54.4 Å². The molecule has 0 unspecified atom stereocenters. The molecule has 0 aliphatic carbocycles. The maximum absolute atomic E-state index is 12.8. The lowest BCUT2D eigenvalue weighted by molar-refractivity contribution is -0.385. The Labute approximate surface area is 136 Å². The summed E-state index contributed by atoms with van der Waals surface area (Å²) in [6.45, 7) is -0.0530. The third-order valence-corrected chi connectivity index (χ3v) is 5.60. The number of nitro groups is 1. The first-order valence-electron chi connectivity index (χ1n) is 6.81. The highest BCUT2D eigenvalue weighted by Gasteiger charge is 2.41. The van der Waals surface area contributed by atoms with Gasteiger partial charge in [0, 0.05) is 18.7 Å². The molecule has 0 saturated carbocycles. The van der Waals surface area contributed by atoms with Crippen molar-refractivity contribution in [2.75, 3.05) is 13.7 Å². The summed E-state index contributed by atoms with van der Waals surface area (Å²) in [6.07, 6.45) is 0.454. The minimum Gasteiger partial charge on any atom is -0.480 e. The zero-order chi connectivity index (χ0) is 18.1. The maximum Gasteiger partial charge on any atom is 0.339 e. The third-order valence-electron chi connectivity index (χ3n) is 3.66. The quantitative estimate of drug-likeness (QED) is 0.458. The first-order chi connectivity index (χ1) is 11.2. The predicted octanol–water partition coefficient (Wildman–Crippen LogP) is 0.619. The van der Waals surface area contributed by atoms with Crippen LogP contribution in [0.2, 0.25) is 0 Å². The van der Waals surface area contributed by atoms with Gasteiger partial charge in [0.25, 0.3) is 5.69 Å². The fraction of sp³-hybridized carbons (Fsp3) is 0.385. The maximum atomic E-state index is 12.8. The number of carboxylic acid groups (broad SMARTS) is 1. The summed E-state index contributed by atoms with van der Waals surface area (Å²) in [7, 11) is -3.39. The number of methoxy groups -OCH3 is 1. The van der Waals surface area contributed by atoms with Gasteiger partial charge in [0.05, 0.1) is 17.6 Å². The molecule has 11 heteroatoms. The van der Waals surface area contributed by atoms with Crippen LogP contribution in [0.15, 0.2) is 23.1 Å². The Bertz CT molecular complexity index is 804. The van der Waals surface area contributed by atoms with Gasteiger partial charge >= 0.3 is 11.9 Å². The van der Waals surface area contributed by atoms with E-state index in [0.29, 0.717) is 6.42 Å². The molecule has 1 aliphatic heterocycles. The molecule has 1 aliphatic rings. The van der Waals surface area contributed by atoms with Crippen LogP contribution in [0.25, 0.3) is 0 Å². The molecule has 1 N–H and O–H groups in total. The van der Waals surface area contributed by atoms with Gasteiger partial charge in [0.1, 0.15) is 10.9 Å². The van der Waals surface area contributed by atoms with Crippen molar-refractivity contribution in [2.24, 2.45) is 0 Å². The van der Waals surface area contributed by atoms with Gasteiger partial charge in [-0.2, -0.15) is 4.31 Å². The van der Waals surface area contributed by atoms with Crippen molar-refractivity contribution >= 4 is 27.6 Å². The number of benzene rings is 1. The van der Waals surface area contributed by atoms with E-state index in [0.717, 1.165) is 29.6 Å². The van der Waals surface area contributed by atoms with Crippen molar-refractivity contribution in [1.29, 1.82) is 0 Å². The van der Waals surface area contributed by atoms with Gasteiger partial charge in [0.15, 0.2) is 0 Å². The molecule has 1 aromatic carbocycles. The SMILES string of the molecule is COC(=O)c1ccc([N+](=O)[O-])cc1S(=O)(=O)N1CCC[C@H]1C(=O)O. The highest BCUT2D eigenvalue weighted by Crippen LogP contribution is 2.30. The topological polar surface area (TPSA) is 144 Å². The Morgan fingerprint density at radius 3 is 2.62 bits per heavy atom. The van der Waals surface area contributed by atoms with E-state index in [9.17, 15) is 28.1 Å². The summed E-state index contributed by atoms with van der Waals surface area (Å²) >= 11 is 0. The minimum atomic E-state index is -4.43. The zero-order valence-electron chi connectivity index (χ0n) is 12.5. The van der Waals surface area contributed by atoms with Crippen molar-refractivity contribution in [2.45, 2.75) is 23.8 Å². The number of ether oxygens (including phenoxy) is 1. The molecule has 130 valence electrons. The molecule has 0 bridgehead atoms. The predicted molar refractivity (Wildman–Crippen MR) is 79.0 cm³/mol. The molecule has 1 fully saturated rings. The van der Waals surface area contributed by atoms with Crippen LogP contribution in [0.4, 0.5) is 5.69 Å². The van der Waals surface area contributed by atoms with Crippen LogP contribution in [0.3, 0.4) is 0 Å². The molecule has 1 saturated heterocycles. The Kier molecular flexibility index (Phi) is 4.85. The van der Waals surface area contributed by atoms with Crippen LogP contribution >= 0.6 is 0 Å². The fourth-order valence-electron chi connectivity index (χ4n) is 2.52. The standard InChI is InChI=1S/C13H14N2O8S/c1-23-13(18)9-5-4-8(15(19)20)7-11(9)24(21,22)14-6-2-3-10(14)12(16)17/h4-5,7,10H,2-3,6H2,1H3,(H,16,17)/t10-/m0/s1. The van der Waals surface area contributed by atoms with E-state index >= 15 is 0 Å². The molecule has 24 heavy (non-hydrogen) atoms. The summed E-state index contributed by atoms with van der Waals surface area (Å²) in [4.78, 5) is 32.5. The number of carboxylic acids is 1. The van der Waals surface area contributed by atoms with E-state index in [1.807, 2.05) is 0 Å². The summed E-state index contributed by atoms with van der Waals surface area (Å²) in [5.41, 5.74) is -0.925. The van der Waals surface area contributed by atoms with Crippen LogP contribution < -0.4 is 0 Å². The Hall–Kier alpha value is -2.53.